The number of phenolic OH excluding ortho intramolecular Hbond substituents is 1. The van der Waals surface area contributed by atoms with Crippen molar-refractivity contribution in [2.24, 2.45) is 0 Å². The first kappa shape index (κ1) is 8.59. The average Bonchev–Trinajstić information content (AvgIpc) is 2.04. The molecule has 0 heterocycles. The lowest BCUT2D eigenvalue weighted by atomic mass is 10.3. The van der Waals surface area contributed by atoms with E-state index in [1.807, 2.05) is 0 Å². The van der Waals surface area contributed by atoms with Crippen LogP contribution in [0, 0.1) is 6.92 Å². The van der Waals surface area contributed by atoms with Crippen molar-refractivity contribution in [3.8, 4) is 5.75 Å². The monoisotopic (exact) mass is 164 g/mol. The van der Waals surface area contributed by atoms with Crippen molar-refractivity contribution in [3.63, 3.8) is 0 Å². The third-order valence-electron chi connectivity index (χ3n) is 1.61. The first-order chi connectivity index (χ1) is 5.61. The molecule has 0 aromatic heterocycles. The summed E-state index contributed by atoms with van der Waals surface area (Å²) in [5, 5.41) is 8.96. The topological polar surface area (TPSA) is 40.5 Å². The van der Waals surface area contributed by atoms with Gasteiger partial charge >= 0.3 is 0 Å². The molecular weight excluding hydrogens is 154 g/mol. The summed E-state index contributed by atoms with van der Waals surface area (Å²) < 4.78 is 0. The van der Waals surface area contributed by atoms with E-state index in [2.05, 4.69) is 6.92 Å². The number of rotatable bonds is 1. The molecule has 0 spiro atoms. The molecule has 0 aliphatic heterocycles. The van der Waals surface area contributed by atoms with Gasteiger partial charge in [-0.15, -0.1) is 0 Å². The van der Waals surface area contributed by atoms with E-state index in [1.165, 1.54) is 17.0 Å². The van der Waals surface area contributed by atoms with Crippen LogP contribution in [0.25, 0.3) is 0 Å². The zero-order chi connectivity index (χ0) is 9.14. The molecule has 1 amide bonds. The molecule has 1 radical (unpaired) electrons. The summed E-state index contributed by atoms with van der Waals surface area (Å²) in [7, 11) is 1.63. The molecule has 12 heavy (non-hydrogen) atoms. The van der Waals surface area contributed by atoms with E-state index in [0.29, 0.717) is 5.69 Å². The minimum absolute atomic E-state index is 0.184. The molecule has 0 aliphatic rings. The number of nitrogens with zero attached hydrogens (tertiary/aromatic N) is 1. The van der Waals surface area contributed by atoms with Crippen molar-refractivity contribution in [2.75, 3.05) is 11.9 Å². The predicted octanol–water partition coefficient (Wildman–Crippen LogP) is 1.19. The molecule has 0 saturated carbocycles. The molecule has 63 valence electrons. The van der Waals surface area contributed by atoms with Gasteiger partial charge in [0, 0.05) is 19.7 Å². The number of carbonyl (C=O) groups is 1. The van der Waals surface area contributed by atoms with Gasteiger partial charge in [0.15, 0.2) is 0 Å². The van der Waals surface area contributed by atoms with Crippen LogP contribution in [0.15, 0.2) is 24.3 Å². The lowest BCUT2D eigenvalue weighted by Crippen LogP contribution is -2.22. The van der Waals surface area contributed by atoms with Crippen molar-refractivity contribution in [1.82, 2.24) is 0 Å². The Bertz CT molecular complexity index is 279. The van der Waals surface area contributed by atoms with Gasteiger partial charge in [0.05, 0.1) is 0 Å². The zero-order valence-electron chi connectivity index (χ0n) is 6.82. The Labute approximate surface area is 71.2 Å². The van der Waals surface area contributed by atoms with Gasteiger partial charge < -0.3 is 10.0 Å². The fourth-order valence-corrected chi connectivity index (χ4v) is 0.820. The van der Waals surface area contributed by atoms with E-state index in [4.69, 9.17) is 5.11 Å². The van der Waals surface area contributed by atoms with Gasteiger partial charge in [-0.2, -0.15) is 0 Å². The molecule has 0 saturated heterocycles. The fraction of sp³-hybridized carbons (Fsp3) is 0.111. The van der Waals surface area contributed by atoms with Crippen LogP contribution < -0.4 is 4.90 Å². The van der Waals surface area contributed by atoms with E-state index in [9.17, 15) is 4.79 Å². The average molecular weight is 164 g/mol. The Morgan fingerprint density at radius 2 is 1.92 bits per heavy atom. The molecule has 1 aromatic carbocycles. The van der Waals surface area contributed by atoms with Crippen LogP contribution in [0.5, 0.6) is 5.75 Å². The molecule has 0 unspecified atom stereocenters. The Hall–Kier alpha value is -1.51. The molecule has 1 aromatic rings. The van der Waals surface area contributed by atoms with Crippen molar-refractivity contribution >= 4 is 11.6 Å². The van der Waals surface area contributed by atoms with E-state index in [1.54, 1.807) is 19.2 Å². The van der Waals surface area contributed by atoms with E-state index >= 15 is 0 Å². The molecule has 0 atom stereocenters. The Morgan fingerprint density at radius 3 is 2.33 bits per heavy atom. The third-order valence-corrected chi connectivity index (χ3v) is 1.61. The SMILES string of the molecule is [CH2]C(=O)N(C)c1ccc(O)cc1. The summed E-state index contributed by atoms with van der Waals surface area (Å²) >= 11 is 0. The van der Waals surface area contributed by atoms with E-state index < -0.39 is 0 Å². The first-order valence-electron chi connectivity index (χ1n) is 3.50. The van der Waals surface area contributed by atoms with Gasteiger partial charge in [-0.3, -0.25) is 4.79 Å². The van der Waals surface area contributed by atoms with Crippen molar-refractivity contribution in [3.05, 3.63) is 31.2 Å². The van der Waals surface area contributed by atoms with E-state index in [0.717, 1.165) is 0 Å². The number of hydrogen-bond donors (Lipinski definition) is 1. The van der Waals surface area contributed by atoms with Crippen LogP contribution in [-0.2, 0) is 4.79 Å². The summed E-state index contributed by atoms with van der Waals surface area (Å²) in [6, 6.07) is 6.35. The normalized spacial score (nSPS) is 9.50. The first-order valence-corrected chi connectivity index (χ1v) is 3.50. The van der Waals surface area contributed by atoms with Crippen LogP contribution in [0.1, 0.15) is 0 Å². The van der Waals surface area contributed by atoms with Crippen LogP contribution in [-0.4, -0.2) is 18.1 Å². The number of hydrogen-bond acceptors (Lipinski definition) is 2. The molecule has 3 nitrogen and oxygen atoms in total. The predicted molar refractivity (Wildman–Crippen MR) is 46.9 cm³/mol. The Morgan fingerprint density at radius 1 is 1.42 bits per heavy atom. The fourth-order valence-electron chi connectivity index (χ4n) is 0.820. The van der Waals surface area contributed by atoms with Crippen LogP contribution in [0.4, 0.5) is 5.69 Å². The maximum absolute atomic E-state index is 10.8. The lowest BCUT2D eigenvalue weighted by molar-refractivity contribution is -0.114. The number of aromatic hydroxyl groups is 1. The van der Waals surface area contributed by atoms with Crippen molar-refractivity contribution < 1.29 is 9.90 Å². The second-order valence-electron chi connectivity index (χ2n) is 2.47. The van der Waals surface area contributed by atoms with Gasteiger partial charge in [-0.25, -0.2) is 0 Å². The number of anilines is 1. The highest BCUT2D eigenvalue weighted by Crippen LogP contribution is 2.16. The largest absolute Gasteiger partial charge is 0.508 e. The van der Waals surface area contributed by atoms with Crippen LogP contribution in [0.3, 0.4) is 0 Å². The molecule has 0 aliphatic carbocycles. The number of amides is 1. The third kappa shape index (κ3) is 1.75. The van der Waals surface area contributed by atoms with Crippen LogP contribution in [0.2, 0.25) is 0 Å². The summed E-state index contributed by atoms with van der Waals surface area (Å²) in [6.45, 7) is 3.26. The lowest BCUT2D eigenvalue weighted by Gasteiger charge is -2.14. The van der Waals surface area contributed by atoms with Gasteiger partial charge in [0.1, 0.15) is 5.75 Å². The highest BCUT2D eigenvalue weighted by Gasteiger charge is 2.03. The van der Waals surface area contributed by atoms with E-state index in [-0.39, 0.29) is 11.7 Å². The minimum Gasteiger partial charge on any atom is -0.508 e. The molecule has 1 rings (SSSR count). The highest BCUT2D eigenvalue weighted by atomic mass is 16.3. The maximum atomic E-state index is 10.8. The zero-order valence-corrected chi connectivity index (χ0v) is 6.82. The number of carbonyl (C=O) groups excluding carboxylic acids is 1. The molecule has 1 N–H and O–H groups in total. The molecular formula is C9H10NO2. The number of phenols is 1. The maximum Gasteiger partial charge on any atom is 0.227 e. The van der Waals surface area contributed by atoms with Gasteiger partial charge in [0.25, 0.3) is 0 Å². The number of benzene rings is 1. The van der Waals surface area contributed by atoms with Crippen molar-refractivity contribution in [1.29, 1.82) is 0 Å². The Kier molecular flexibility index (Phi) is 2.33. The smallest absolute Gasteiger partial charge is 0.227 e. The second-order valence-corrected chi connectivity index (χ2v) is 2.47. The molecule has 0 bridgehead atoms. The molecule has 3 heteroatoms. The second kappa shape index (κ2) is 3.26. The van der Waals surface area contributed by atoms with Crippen molar-refractivity contribution in [2.45, 2.75) is 0 Å². The molecule has 0 fully saturated rings. The van der Waals surface area contributed by atoms with Gasteiger partial charge in [-0.05, 0) is 24.3 Å². The Balaban J connectivity index is 2.89. The standard InChI is InChI=1S/C9H10NO2/c1-7(11)10(2)8-3-5-9(12)6-4-8/h3-6,12H,1H2,2H3. The summed E-state index contributed by atoms with van der Waals surface area (Å²) in [6.07, 6.45) is 0. The summed E-state index contributed by atoms with van der Waals surface area (Å²) in [4.78, 5) is 12.2. The summed E-state index contributed by atoms with van der Waals surface area (Å²) in [5.41, 5.74) is 0.716. The van der Waals surface area contributed by atoms with Crippen LogP contribution >= 0.6 is 0 Å². The quantitative estimate of drug-likeness (QED) is 0.677. The minimum atomic E-state index is -0.277. The van der Waals surface area contributed by atoms with Gasteiger partial charge in [-0.1, -0.05) is 0 Å². The highest BCUT2D eigenvalue weighted by molar-refractivity contribution is 5.95. The van der Waals surface area contributed by atoms with Gasteiger partial charge in [0.2, 0.25) is 5.91 Å². The summed E-state index contributed by atoms with van der Waals surface area (Å²) in [5.74, 6) is -0.0932.